The fourth-order valence-electron chi connectivity index (χ4n) is 16.0. The summed E-state index contributed by atoms with van der Waals surface area (Å²) in [6, 6.07) is 138. The first kappa shape index (κ1) is 68.9. The van der Waals surface area contributed by atoms with E-state index in [-0.39, 0.29) is 0 Å². The van der Waals surface area contributed by atoms with E-state index in [0.717, 1.165) is 144 Å². The molecule has 0 atom stereocenters. The third-order valence-corrected chi connectivity index (χ3v) is 21.7. The van der Waals surface area contributed by atoms with Crippen molar-refractivity contribution in [3.05, 3.63) is 405 Å². The second-order valence-corrected chi connectivity index (χ2v) is 29.1. The van der Waals surface area contributed by atoms with Crippen LogP contribution in [-0.4, -0.2) is 44.4 Å². The Kier molecular flexibility index (Phi) is 17.9. The van der Waals surface area contributed by atoms with Gasteiger partial charge in [0.15, 0.2) is 34.9 Å². The Labute approximate surface area is 665 Å². The van der Waals surface area contributed by atoms with Crippen molar-refractivity contribution >= 4 is 65.2 Å². The average Bonchev–Trinajstić information content (AvgIpc) is 1.74. The molecular formula is C106H71N9. The van der Waals surface area contributed by atoms with E-state index in [2.05, 4.69) is 370 Å². The van der Waals surface area contributed by atoms with Crippen molar-refractivity contribution < 1.29 is 0 Å². The summed E-state index contributed by atoms with van der Waals surface area (Å²) in [5.74, 6) is 3.83. The summed E-state index contributed by atoms with van der Waals surface area (Å²) in [5.41, 5.74) is 26.7. The molecule has 115 heavy (non-hydrogen) atoms. The van der Waals surface area contributed by atoms with Gasteiger partial charge in [-0.1, -0.05) is 363 Å². The summed E-state index contributed by atoms with van der Waals surface area (Å²) in [6.07, 6.45) is 0. The van der Waals surface area contributed by atoms with Crippen LogP contribution in [0.4, 0.5) is 0 Å². The van der Waals surface area contributed by atoms with Crippen molar-refractivity contribution in [3.8, 4) is 141 Å². The molecule has 0 unspecified atom stereocenters. The number of aromatic nitrogens is 9. The summed E-state index contributed by atoms with van der Waals surface area (Å²) in [5, 5.41) is 9.46. The standard InChI is InChI=1S/C58H37N5.C48H34N4/c1-3-15-41(16-4-1)55-50-24-8-7-23-49(50)54-46(25-14-26-51(54)59-55)40-33-29-38(30-34-40)39-31-35-43(36-32-39)57-60-56(42-17-5-2-6-18-42)61-58(62-57)44-19-13-20-45(37-44)63-52-27-11-9-21-47(52)48-22-10-12-28-53(48)63;1-31-18-22-35(23-19-31)46-50-47(36-24-20-32(2)21-25-36)52-48(51-46)37-28-26-33(27-29-37)38-12-8-13-39(30-38)40-15-9-16-42-44(40)41-14-6-7-17-43(41)49-45(42)34-10-4-3-5-11-34/h1-37H;3-30H,1-2H3. The van der Waals surface area contributed by atoms with Gasteiger partial charge in [0, 0.05) is 87.9 Å². The lowest BCUT2D eigenvalue weighted by Gasteiger charge is -2.15. The van der Waals surface area contributed by atoms with Crippen molar-refractivity contribution in [2.45, 2.75) is 13.8 Å². The second-order valence-electron chi connectivity index (χ2n) is 29.1. The fourth-order valence-corrected chi connectivity index (χ4v) is 16.0. The van der Waals surface area contributed by atoms with Crippen LogP contribution in [0.25, 0.3) is 206 Å². The lowest BCUT2D eigenvalue weighted by atomic mass is 9.91. The highest BCUT2D eigenvalue weighted by molar-refractivity contribution is 6.18. The van der Waals surface area contributed by atoms with Crippen LogP contribution in [0.2, 0.25) is 0 Å². The van der Waals surface area contributed by atoms with Crippen molar-refractivity contribution in [1.82, 2.24) is 44.4 Å². The minimum Gasteiger partial charge on any atom is -0.309 e. The smallest absolute Gasteiger partial charge is 0.164 e. The van der Waals surface area contributed by atoms with E-state index in [1.54, 1.807) is 0 Å². The molecule has 9 heteroatoms. The van der Waals surface area contributed by atoms with E-state index in [0.29, 0.717) is 34.9 Å². The van der Waals surface area contributed by atoms with Crippen molar-refractivity contribution in [1.29, 1.82) is 0 Å². The minimum absolute atomic E-state index is 0.619. The maximum absolute atomic E-state index is 5.22. The molecule has 21 rings (SSSR count). The van der Waals surface area contributed by atoms with Gasteiger partial charge in [-0.25, -0.2) is 39.9 Å². The van der Waals surface area contributed by atoms with Crippen LogP contribution in [0, 0.1) is 13.8 Å². The number of fused-ring (bicyclic) bond motifs is 9. The van der Waals surface area contributed by atoms with E-state index in [9.17, 15) is 0 Å². The molecule has 0 amide bonds. The first-order valence-corrected chi connectivity index (χ1v) is 38.8. The summed E-state index contributed by atoms with van der Waals surface area (Å²) < 4.78 is 2.32. The molecule has 0 aliphatic carbocycles. The zero-order valence-electron chi connectivity index (χ0n) is 63.1. The van der Waals surface area contributed by atoms with Gasteiger partial charge in [0.05, 0.1) is 33.5 Å². The molecule has 0 saturated heterocycles. The zero-order chi connectivity index (χ0) is 76.7. The topological polar surface area (TPSA) is 108 Å². The molecule has 0 aliphatic rings. The van der Waals surface area contributed by atoms with Crippen molar-refractivity contribution in [3.63, 3.8) is 0 Å². The molecule has 0 N–H and O–H groups in total. The largest absolute Gasteiger partial charge is 0.309 e. The first-order valence-electron chi connectivity index (χ1n) is 38.8. The number of rotatable bonds is 13. The fraction of sp³-hybridized carbons (Fsp3) is 0.0189. The molecule has 0 radical (unpaired) electrons. The number of benzene rings is 16. The van der Waals surface area contributed by atoms with Gasteiger partial charge in [0.1, 0.15) is 0 Å². The van der Waals surface area contributed by atoms with Crippen LogP contribution in [0.1, 0.15) is 11.1 Å². The number of pyridine rings is 2. The van der Waals surface area contributed by atoms with Crippen LogP contribution in [0.3, 0.4) is 0 Å². The molecule has 16 aromatic carbocycles. The highest BCUT2D eigenvalue weighted by atomic mass is 15.0. The van der Waals surface area contributed by atoms with Gasteiger partial charge in [-0.3, -0.25) is 0 Å². The van der Waals surface area contributed by atoms with Gasteiger partial charge in [0.25, 0.3) is 0 Å². The lowest BCUT2D eigenvalue weighted by molar-refractivity contribution is 1.07. The minimum atomic E-state index is 0.619. The first-order chi connectivity index (χ1) is 56.8. The molecule has 540 valence electrons. The van der Waals surface area contributed by atoms with Gasteiger partial charge in [-0.2, -0.15) is 0 Å². The number of para-hydroxylation sites is 3. The predicted octanol–water partition coefficient (Wildman–Crippen LogP) is 26.9. The Balaban J connectivity index is 0.000000152. The summed E-state index contributed by atoms with van der Waals surface area (Å²) >= 11 is 0. The lowest BCUT2D eigenvalue weighted by Crippen LogP contribution is -2.01. The second kappa shape index (κ2) is 29.8. The van der Waals surface area contributed by atoms with Crippen LogP contribution < -0.4 is 0 Å². The predicted molar refractivity (Wildman–Crippen MR) is 474 cm³/mol. The molecular weight excluding hydrogens is 1400 g/mol. The summed E-state index contributed by atoms with van der Waals surface area (Å²) in [6.45, 7) is 4.17. The van der Waals surface area contributed by atoms with Gasteiger partial charge < -0.3 is 4.57 Å². The van der Waals surface area contributed by atoms with E-state index < -0.39 is 0 Å². The molecule has 0 saturated carbocycles. The number of nitrogens with zero attached hydrogens (tertiary/aromatic N) is 9. The SMILES string of the molecule is Cc1ccc(-c2nc(-c3ccc(C)cc3)nc(-c3ccc(-c4cccc(-c5cccc6c(-c7ccccc7)nc7ccccc7c56)c4)cc3)n2)cc1.c1ccc(-c2nc(-c3ccc(-c4ccc(-c5cccc6nc(-c7ccccc7)c7ccccc7c56)cc4)cc3)nc(-c3cccc(-n4c5ccccc5c5ccccc54)c3)n2)cc1. The number of hydrogen-bond donors (Lipinski definition) is 0. The van der Waals surface area contributed by atoms with Gasteiger partial charge in [-0.15, -0.1) is 0 Å². The highest BCUT2D eigenvalue weighted by Crippen LogP contribution is 2.43. The normalized spacial score (nSPS) is 11.4. The molecule has 5 aromatic heterocycles. The molecule has 21 aromatic rings. The Morgan fingerprint density at radius 3 is 1.05 bits per heavy atom. The quantitative estimate of drug-likeness (QED) is 0.105. The van der Waals surface area contributed by atoms with Crippen molar-refractivity contribution in [2.75, 3.05) is 0 Å². The zero-order valence-corrected chi connectivity index (χ0v) is 63.1. The number of aryl methyl sites for hydroxylation is 2. The van der Waals surface area contributed by atoms with Crippen LogP contribution in [0.5, 0.6) is 0 Å². The van der Waals surface area contributed by atoms with Gasteiger partial charge in [-0.05, 0) is 106 Å². The Hall–Kier alpha value is -15.3. The Morgan fingerprint density at radius 1 is 0.183 bits per heavy atom. The molecule has 9 nitrogen and oxygen atoms in total. The Morgan fingerprint density at radius 2 is 0.513 bits per heavy atom. The highest BCUT2D eigenvalue weighted by Gasteiger charge is 2.21. The van der Waals surface area contributed by atoms with Crippen molar-refractivity contribution in [2.24, 2.45) is 0 Å². The number of hydrogen-bond acceptors (Lipinski definition) is 8. The molecule has 0 spiro atoms. The molecule has 0 fully saturated rings. The summed E-state index contributed by atoms with van der Waals surface area (Å²) in [7, 11) is 0. The van der Waals surface area contributed by atoms with Crippen LogP contribution in [-0.2, 0) is 0 Å². The summed E-state index contributed by atoms with van der Waals surface area (Å²) in [4.78, 5) is 40.4. The van der Waals surface area contributed by atoms with E-state index >= 15 is 0 Å². The monoisotopic (exact) mass is 1470 g/mol. The maximum atomic E-state index is 5.22. The molecule has 0 aliphatic heterocycles. The Bertz CT molecular complexity index is 7120. The van der Waals surface area contributed by atoms with Gasteiger partial charge in [0.2, 0.25) is 0 Å². The molecule has 0 bridgehead atoms. The van der Waals surface area contributed by atoms with Gasteiger partial charge >= 0.3 is 0 Å². The van der Waals surface area contributed by atoms with Crippen LogP contribution >= 0.6 is 0 Å². The van der Waals surface area contributed by atoms with E-state index in [1.807, 2.05) is 42.5 Å². The third-order valence-electron chi connectivity index (χ3n) is 21.7. The average molecular weight is 1470 g/mol. The van der Waals surface area contributed by atoms with Crippen LogP contribution in [0.15, 0.2) is 394 Å². The molecule has 5 heterocycles. The third kappa shape index (κ3) is 13.4. The maximum Gasteiger partial charge on any atom is 0.164 e. The van der Waals surface area contributed by atoms with E-state index in [1.165, 1.54) is 38.2 Å². The van der Waals surface area contributed by atoms with E-state index in [4.69, 9.17) is 39.9 Å².